The molecule has 0 aliphatic carbocycles. The van der Waals surface area contributed by atoms with Gasteiger partial charge >= 0.3 is 0 Å². The van der Waals surface area contributed by atoms with Crippen LogP contribution in [0, 0.1) is 13.8 Å². The van der Waals surface area contributed by atoms with E-state index >= 15 is 0 Å². The lowest BCUT2D eigenvalue weighted by Gasteiger charge is -2.08. The topological polar surface area (TPSA) is 59.3 Å². The van der Waals surface area contributed by atoms with E-state index in [4.69, 9.17) is 0 Å². The highest BCUT2D eigenvalue weighted by Crippen LogP contribution is 2.25. The zero-order valence-corrected chi connectivity index (χ0v) is 16.9. The SMILES string of the molecule is Cc1ccc(-c2cc(C(=O)N/N=C\c3ccccc3)nn2-c2ccc(C)cc2)cc1. The number of carbonyl (C=O) groups excluding carboxylic acids is 1. The van der Waals surface area contributed by atoms with Gasteiger partial charge in [-0.2, -0.15) is 10.2 Å². The number of rotatable bonds is 5. The largest absolute Gasteiger partial charge is 0.291 e. The molecule has 3 aromatic carbocycles. The maximum absolute atomic E-state index is 12.7. The molecule has 1 aromatic heterocycles. The molecule has 5 heteroatoms. The van der Waals surface area contributed by atoms with Gasteiger partial charge in [0.1, 0.15) is 0 Å². The molecule has 0 aliphatic heterocycles. The van der Waals surface area contributed by atoms with E-state index in [1.54, 1.807) is 17.0 Å². The lowest BCUT2D eigenvalue weighted by molar-refractivity contribution is 0.0949. The first-order valence-electron chi connectivity index (χ1n) is 9.73. The number of aryl methyl sites for hydroxylation is 2. The standard InChI is InChI=1S/C25H22N4O/c1-18-8-12-21(13-9-18)24-16-23(28-29(24)22-14-10-19(2)11-15-22)25(30)27-26-17-20-6-4-3-5-7-20/h3-17H,1-2H3,(H,27,30)/b26-17-. The van der Waals surface area contributed by atoms with Crippen LogP contribution in [0.4, 0.5) is 0 Å². The summed E-state index contributed by atoms with van der Waals surface area (Å²) in [6, 6.07) is 27.6. The first-order chi connectivity index (χ1) is 14.6. The van der Waals surface area contributed by atoms with Crippen molar-refractivity contribution >= 4 is 12.1 Å². The summed E-state index contributed by atoms with van der Waals surface area (Å²) in [6.07, 6.45) is 1.61. The van der Waals surface area contributed by atoms with Gasteiger partial charge in [0.15, 0.2) is 5.69 Å². The molecular formula is C25H22N4O. The van der Waals surface area contributed by atoms with Gasteiger partial charge in [0.25, 0.3) is 5.91 Å². The van der Waals surface area contributed by atoms with Gasteiger partial charge in [-0.05, 0) is 37.6 Å². The van der Waals surface area contributed by atoms with Crippen molar-refractivity contribution in [3.63, 3.8) is 0 Å². The zero-order valence-electron chi connectivity index (χ0n) is 16.9. The predicted molar refractivity (Wildman–Crippen MR) is 120 cm³/mol. The third-order valence-corrected chi connectivity index (χ3v) is 4.75. The Bertz CT molecular complexity index is 1110. The Morgan fingerprint density at radius 2 is 1.53 bits per heavy atom. The first-order valence-corrected chi connectivity index (χ1v) is 9.73. The van der Waals surface area contributed by atoms with Gasteiger partial charge in [-0.15, -0.1) is 0 Å². The number of hydrogen-bond donors (Lipinski definition) is 1. The molecule has 0 fully saturated rings. The van der Waals surface area contributed by atoms with Gasteiger partial charge in [0.05, 0.1) is 17.6 Å². The minimum absolute atomic E-state index is 0.302. The lowest BCUT2D eigenvalue weighted by Crippen LogP contribution is -2.18. The Morgan fingerprint density at radius 1 is 0.900 bits per heavy atom. The van der Waals surface area contributed by atoms with E-state index in [0.29, 0.717) is 5.69 Å². The second kappa shape index (κ2) is 8.57. The van der Waals surface area contributed by atoms with Crippen LogP contribution in [0.25, 0.3) is 16.9 Å². The average molecular weight is 394 g/mol. The molecule has 0 saturated heterocycles. The predicted octanol–water partition coefficient (Wildman–Crippen LogP) is 4.92. The lowest BCUT2D eigenvalue weighted by atomic mass is 10.1. The van der Waals surface area contributed by atoms with Gasteiger partial charge in [-0.25, -0.2) is 10.1 Å². The summed E-state index contributed by atoms with van der Waals surface area (Å²) in [7, 11) is 0. The second-order valence-corrected chi connectivity index (χ2v) is 7.14. The molecule has 0 atom stereocenters. The van der Waals surface area contributed by atoms with E-state index in [0.717, 1.165) is 28.1 Å². The molecule has 0 aliphatic rings. The first kappa shape index (κ1) is 19.3. The van der Waals surface area contributed by atoms with Crippen LogP contribution in [0.1, 0.15) is 27.2 Å². The summed E-state index contributed by atoms with van der Waals surface area (Å²) in [5.74, 6) is -0.360. The van der Waals surface area contributed by atoms with Crippen molar-refractivity contribution in [3.05, 3.63) is 107 Å². The number of hydrazone groups is 1. The Balaban J connectivity index is 1.66. The zero-order chi connectivity index (χ0) is 20.9. The molecule has 1 heterocycles. The summed E-state index contributed by atoms with van der Waals surface area (Å²) in [5.41, 5.74) is 8.83. The van der Waals surface area contributed by atoms with E-state index in [1.165, 1.54) is 5.56 Å². The summed E-state index contributed by atoms with van der Waals surface area (Å²) >= 11 is 0. The fraction of sp³-hybridized carbons (Fsp3) is 0.0800. The van der Waals surface area contributed by atoms with Crippen LogP contribution in [0.5, 0.6) is 0 Å². The number of aromatic nitrogens is 2. The number of benzene rings is 3. The second-order valence-electron chi connectivity index (χ2n) is 7.14. The molecule has 30 heavy (non-hydrogen) atoms. The van der Waals surface area contributed by atoms with Crippen molar-refractivity contribution in [2.75, 3.05) is 0 Å². The average Bonchev–Trinajstić information content (AvgIpc) is 3.21. The van der Waals surface area contributed by atoms with Gasteiger partial charge in [-0.1, -0.05) is 77.9 Å². The van der Waals surface area contributed by atoms with Crippen LogP contribution in [0.2, 0.25) is 0 Å². The molecule has 0 spiro atoms. The Kier molecular flexibility index (Phi) is 5.52. The van der Waals surface area contributed by atoms with Crippen LogP contribution in [0.3, 0.4) is 0 Å². The fourth-order valence-corrected chi connectivity index (χ4v) is 3.07. The van der Waals surface area contributed by atoms with E-state index in [1.807, 2.05) is 92.7 Å². The van der Waals surface area contributed by atoms with Gasteiger partial charge in [-0.3, -0.25) is 4.79 Å². The van der Waals surface area contributed by atoms with Crippen LogP contribution in [-0.4, -0.2) is 21.9 Å². The number of hydrogen-bond acceptors (Lipinski definition) is 3. The number of nitrogens with one attached hydrogen (secondary N) is 1. The monoisotopic (exact) mass is 394 g/mol. The maximum Gasteiger partial charge on any atom is 0.291 e. The molecule has 0 unspecified atom stereocenters. The molecule has 0 saturated carbocycles. The van der Waals surface area contributed by atoms with Gasteiger partial charge in [0.2, 0.25) is 0 Å². The molecule has 0 radical (unpaired) electrons. The number of nitrogens with zero attached hydrogens (tertiary/aromatic N) is 3. The van der Waals surface area contributed by atoms with E-state index in [2.05, 4.69) is 15.6 Å². The molecule has 1 amide bonds. The maximum atomic E-state index is 12.7. The van der Waals surface area contributed by atoms with Crippen molar-refractivity contribution in [1.82, 2.24) is 15.2 Å². The van der Waals surface area contributed by atoms with Crippen LogP contribution >= 0.6 is 0 Å². The molecular weight excluding hydrogens is 372 g/mol. The highest BCUT2D eigenvalue weighted by atomic mass is 16.2. The van der Waals surface area contributed by atoms with E-state index in [-0.39, 0.29) is 5.91 Å². The highest BCUT2D eigenvalue weighted by molar-refractivity contribution is 5.94. The third kappa shape index (κ3) is 4.36. The smallest absolute Gasteiger partial charge is 0.265 e. The minimum atomic E-state index is -0.360. The third-order valence-electron chi connectivity index (χ3n) is 4.75. The Hall–Kier alpha value is -3.99. The van der Waals surface area contributed by atoms with E-state index in [9.17, 15) is 4.79 Å². The van der Waals surface area contributed by atoms with Crippen molar-refractivity contribution < 1.29 is 4.79 Å². The fourth-order valence-electron chi connectivity index (χ4n) is 3.07. The highest BCUT2D eigenvalue weighted by Gasteiger charge is 2.16. The Labute approximate surface area is 175 Å². The van der Waals surface area contributed by atoms with Crippen LogP contribution in [0.15, 0.2) is 90.0 Å². The molecule has 4 rings (SSSR count). The summed E-state index contributed by atoms with van der Waals surface area (Å²) in [5, 5.41) is 8.62. The van der Waals surface area contributed by atoms with Crippen molar-refractivity contribution in [2.45, 2.75) is 13.8 Å². The minimum Gasteiger partial charge on any atom is -0.265 e. The normalized spacial score (nSPS) is 11.0. The molecule has 5 nitrogen and oxygen atoms in total. The summed E-state index contributed by atoms with van der Waals surface area (Å²) < 4.78 is 1.79. The number of carbonyl (C=O) groups is 1. The van der Waals surface area contributed by atoms with Crippen LogP contribution < -0.4 is 5.43 Å². The Morgan fingerprint density at radius 3 is 2.20 bits per heavy atom. The van der Waals surface area contributed by atoms with Crippen molar-refractivity contribution in [2.24, 2.45) is 5.10 Å². The molecule has 148 valence electrons. The van der Waals surface area contributed by atoms with Crippen LogP contribution in [-0.2, 0) is 0 Å². The quantitative estimate of drug-likeness (QED) is 0.386. The number of amides is 1. The van der Waals surface area contributed by atoms with E-state index < -0.39 is 0 Å². The van der Waals surface area contributed by atoms with Gasteiger partial charge in [0, 0.05) is 5.56 Å². The van der Waals surface area contributed by atoms with Crippen molar-refractivity contribution in [3.8, 4) is 16.9 Å². The summed E-state index contributed by atoms with van der Waals surface area (Å²) in [4.78, 5) is 12.7. The van der Waals surface area contributed by atoms with Crippen molar-refractivity contribution in [1.29, 1.82) is 0 Å². The molecule has 0 bridgehead atoms. The molecule has 1 N–H and O–H groups in total. The summed E-state index contributed by atoms with van der Waals surface area (Å²) in [6.45, 7) is 4.09. The molecule has 4 aromatic rings. The van der Waals surface area contributed by atoms with Gasteiger partial charge < -0.3 is 0 Å².